The van der Waals surface area contributed by atoms with Crippen LogP contribution in [0, 0.1) is 5.92 Å². The van der Waals surface area contributed by atoms with Crippen LogP contribution in [0.1, 0.15) is 24.3 Å². The van der Waals surface area contributed by atoms with Gasteiger partial charge in [0.2, 0.25) is 5.91 Å². The Hall–Kier alpha value is -3.20. The molecule has 28 heavy (non-hydrogen) atoms. The Morgan fingerprint density at radius 2 is 1.82 bits per heavy atom. The maximum absolute atomic E-state index is 12.2. The number of pyridine rings is 1. The molecule has 3 rings (SSSR count). The molecule has 0 unspecified atom stereocenters. The van der Waals surface area contributed by atoms with Crippen molar-refractivity contribution in [1.29, 1.82) is 0 Å². The molecule has 1 saturated heterocycles. The van der Waals surface area contributed by atoms with Crippen molar-refractivity contribution in [2.75, 3.05) is 13.1 Å². The second kappa shape index (κ2) is 10.8. The predicted octanol–water partition coefficient (Wildman–Crippen LogP) is 1.36. The molecule has 3 heterocycles. The fourth-order valence-corrected chi connectivity index (χ4v) is 2.81. The van der Waals surface area contributed by atoms with Crippen LogP contribution in [0.3, 0.4) is 0 Å². The van der Waals surface area contributed by atoms with Gasteiger partial charge >= 0.3 is 11.9 Å². The van der Waals surface area contributed by atoms with Crippen molar-refractivity contribution in [3.8, 4) is 0 Å². The molecule has 0 saturated carbocycles. The summed E-state index contributed by atoms with van der Waals surface area (Å²) >= 11 is 0. The van der Waals surface area contributed by atoms with Crippen LogP contribution in [0.15, 0.2) is 47.2 Å². The van der Waals surface area contributed by atoms with Gasteiger partial charge in [0.25, 0.3) is 0 Å². The van der Waals surface area contributed by atoms with Gasteiger partial charge in [-0.25, -0.2) is 9.59 Å². The lowest BCUT2D eigenvalue weighted by Gasteiger charge is -2.30. The zero-order valence-corrected chi connectivity index (χ0v) is 15.3. The van der Waals surface area contributed by atoms with E-state index < -0.39 is 11.9 Å². The molecule has 0 atom stereocenters. The number of likely N-dealkylation sites (tertiary alicyclic amines) is 1. The maximum atomic E-state index is 12.2. The summed E-state index contributed by atoms with van der Waals surface area (Å²) in [6, 6.07) is 9.69. The number of hydrogen-bond acceptors (Lipinski definition) is 6. The molecule has 150 valence electrons. The van der Waals surface area contributed by atoms with Crippen LogP contribution in [0.5, 0.6) is 0 Å². The van der Waals surface area contributed by atoms with E-state index >= 15 is 0 Å². The van der Waals surface area contributed by atoms with E-state index in [9.17, 15) is 4.79 Å². The number of carboxylic acids is 2. The summed E-state index contributed by atoms with van der Waals surface area (Å²) in [7, 11) is 0. The highest BCUT2D eigenvalue weighted by Crippen LogP contribution is 2.19. The fourth-order valence-electron chi connectivity index (χ4n) is 2.81. The molecular weight excluding hydrogens is 366 g/mol. The first-order valence-electron chi connectivity index (χ1n) is 8.84. The number of amides is 1. The lowest BCUT2D eigenvalue weighted by Crippen LogP contribution is -2.40. The molecule has 0 aromatic carbocycles. The zero-order valence-electron chi connectivity index (χ0n) is 15.3. The van der Waals surface area contributed by atoms with Crippen LogP contribution in [0.4, 0.5) is 0 Å². The normalized spacial score (nSPS) is 14.6. The molecule has 0 spiro atoms. The largest absolute Gasteiger partial charge is 0.473 e. The van der Waals surface area contributed by atoms with Crippen LogP contribution in [-0.4, -0.2) is 51.0 Å². The average Bonchev–Trinajstić information content (AvgIpc) is 3.21. The molecule has 0 aliphatic carbocycles. The first kappa shape index (κ1) is 21.1. The van der Waals surface area contributed by atoms with Gasteiger partial charge in [0.05, 0.1) is 18.5 Å². The number of hydrogen-bond donors (Lipinski definition) is 3. The van der Waals surface area contributed by atoms with Crippen molar-refractivity contribution in [3.63, 3.8) is 0 Å². The van der Waals surface area contributed by atoms with Crippen LogP contribution in [0.25, 0.3) is 0 Å². The highest BCUT2D eigenvalue weighted by molar-refractivity contribution is 6.27. The number of nitrogens with one attached hydrogen (secondary N) is 1. The van der Waals surface area contributed by atoms with Crippen molar-refractivity contribution >= 4 is 17.8 Å². The van der Waals surface area contributed by atoms with E-state index in [1.165, 1.54) is 0 Å². The Bertz CT molecular complexity index is 743. The first-order valence-corrected chi connectivity index (χ1v) is 8.84. The molecule has 1 aliphatic rings. The third-order valence-corrected chi connectivity index (χ3v) is 4.27. The molecule has 3 N–H and O–H groups in total. The number of rotatable bonds is 5. The maximum Gasteiger partial charge on any atom is 0.414 e. The highest BCUT2D eigenvalue weighted by Gasteiger charge is 2.25. The third kappa shape index (κ3) is 7.20. The zero-order chi connectivity index (χ0) is 20.4. The molecule has 2 aromatic heterocycles. The molecule has 9 nitrogen and oxygen atoms in total. The number of piperidine rings is 1. The Morgan fingerprint density at radius 1 is 1.11 bits per heavy atom. The molecule has 1 aliphatic heterocycles. The monoisotopic (exact) mass is 389 g/mol. The average molecular weight is 389 g/mol. The van der Waals surface area contributed by atoms with Gasteiger partial charge in [-0.2, -0.15) is 0 Å². The van der Waals surface area contributed by atoms with E-state index in [1.807, 2.05) is 36.5 Å². The highest BCUT2D eigenvalue weighted by atomic mass is 16.4. The lowest BCUT2D eigenvalue weighted by atomic mass is 9.96. The molecule has 2 aromatic rings. The molecule has 0 radical (unpaired) electrons. The SMILES string of the molecule is O=C(NCc1ccco1)C1CCN(Cc2ccccn2)CC1.O=C(O)C(=O)O. The summed E-state index contributed by atoms with van der Waals surface area (Å²) in [5, 5.41) is 17.7. The van der Waals surface area contributed by atoms with Crippen LogP contribution >= 0.6 is 0 Å². The van der Waals surface area contributed by atoms with E-state index in [4.69, 9.17) is 24.2 Å². The molecule has 1 fully saturated rings. The van der Waals surface area contributed by atoms with Crippen LogP contribution < -0.4 is 5.32 Å². The Labute approximate surface area is 162 Å². The van der Waals surface area contributed by atoms with E-state index in [2.05, 4.69) is 15.2 Å². The van der Waals surface area contributed by atoms with Gasteiger partial charge in [-0.3, -0.25) is 14.7 Å². The van der Waals surface area contributed by atoms with Gasteiger partial charge in [0.15, 0.2) is 0 Å². The fraction of sp³-hybridized carbons (Fsp3) is 0.368. The predicted molar refractivity (Wildman–Crippen MR) is 98.1 cm³/mol. The summed E-state index contributed by atoms with van der Waals surface area (Å²) in [5.41, 5.74) is 1.09. The Balaban J connectivity index is 0.000000409. The van der Waals surface area contributed by atoms with Gasteiger partial charge < -0.3 is 19.9 Å². The van der Waals surface area contributed by atoms with E-state index in [1.54, 1.807) is 6.26 Å². The summed E-state index contributed by atoms with van der Waals surface area (Å²) in [5.74, 6) is -2.62. The molecule has 0 bridgehead atoms. The minimum absolute atomic E-state index is 0.106. The van der Waals surface area contributed by atoms with Crippen molar-refractivity contribution in [2.45, 2.75) is 25.9 Å². The number of carboxylic acid groups (broad SMARTS) is 2. The Morgan fingerprint density at radius 3 is 2.36 bits per heavy atom. The number of carbonyl (C=O) groups is 3. The number of aliphatic carboxylic acids is 2. The Kier molecular flexibility index (Phi) is 8.16. The summed E-state index contributed by atoms with van der Waals surface area (Å²) in [6.45, 7) is 3.21. The number of furan rings is 1. The first-order chi connectivity index (χ1) is 13.5. The third-order valence-electron chi connectivity index (χ3n) is 4.27. The van der Waals surface area contributed by atoms with Crippen LogP contribution in [0.2, 0.25) is 0 Å². The number of aromatic nitrogens is 1. The molecule has 1 amide bonds. The standard InChI is InChI=1S/C17H21N3O2.C2H2O4/c21-17(19-12-16-5-3-11-22-16)14-6-9-20(10-7-14)13-15-4-1-2-8-18-15;3-1(4)2(5)6/h1-5,8,11,14H,6-7,9-10,12-13H2,(H,19,21);(H,3,4)(H,5,6). The molecule has 9 heteroatoms. The number of nitrogens with zero attached hydrogens (tertiary/aromatic N) is 2. The van der Waals surface area contributed by atoms with Crippen molar-refractivity contribution in [2.24, 2.45) is 5.92 Å². The molecular formula is C19H23N3O6. The van der Waals surface area contributed by atoms with Gasteiger partial charge in [0.1, 0.15) is 5.76 Å². The van der Waals surface area contributed by atoms with Crippen molar-refractivity contribution in [3.05, 3.63) is 54.2 Å². The quantitative estimate of drug-likeness (QED) is 0.653. The summed E-state index contributed by atoms with van der Waals surface area (Å²) < 4.78 is 5.22. The van der Waals surface area contributed by atoms with Gasteiger partial charge in [-0.05, 0) is 50.2 Å². The van der Waals surface area contributed by atoms with E-state index in [0.29, 0.717) is 6.54 Å². The second-order valence-corrected chi connectivity index (χ2v) is 6.28. The van der Waals surface area contributed by atoms with Crippen molar-refractivity contribution in [1.82, 2.24) is 15.2 Å². The number of carbonyl (C=O) groups excluding carboxylic acids is 1. The van der Waals surface area contributed by atoms with Crippen LogP contribution in [-0.2, 0) is 27.5 Å². The minimum atomic E-state index is -1.82. The van der Waals surface area contributed by atoms with Crippen molar-refractivity contribution < 1.29 is 29.0 Å². The van der Waals surface area contributed by atoms with Gasteiger partial charge in [-0.1, -0.05) is 6.07 Å². The second-order valence-electron chi connectivity index (χ2n) is 6.28. The summed E-state index contributed by atoms with van der Waals surface area (Å²) in [6.07, 6.45) is 5.25. The topological polar surface area (TPSA) is 133 Å². The van der Waals surface area contributed by atoms with E-state index in [-0.39, 0.29) is 11.8 Å². The van der Waals surface area contributed by atoms with E-state index in [0.717, 1.165) is 43.9 Å². The smallest absolute Gasteiger partial charge is 0.414 e. The summed E-state index contributed by atoms with van der Waals surface area (Å²) in [4.78, 5) is 37.1. The lowest BCUT2D eigenvalue weighted by molar-refractivity contribution is -0.159. The minimum Gasteiger partial charge on any atom is -0.473 e. The van der Waals surface area contributed by atoms with Gasteiger partial charge in [0, 0.05) is 18.7 Å². The van der Waals surface area contributed by atoms with Gasteiger partial charge in [-0.15, -0.1) is 0 Å².